The maximum absolute atomic E-state index is 5.40. The topological polar surface area (TPSA) is 81.3 Å². The fourth-order valence-corrected chi connectivity index (χ4v) is 2.20. The summed E-state index contributed by atoms with van der Waals surface area (Å²) in [5, 5.41) is 10.4. The molecule has 7 heteroatoms. The molecule has 3 rings (SSSR count). The number of benzene rings is 1. The number of hydrogen-bond acceptors (Lipinski definition) is 6. The highest BCUT2D eigenvalue weighted by Gasteiger charge is 2.18. The van der Waals surface area contributed by atoms with E-state index in [0.717, 1.165) is 28.7 Å². The number of fused-ring (bicyclic) bond motifs is 1. The van der Waals surface area contributed by atoms with E-state index in [0.29, 0.717) is 12.3 Å². The van der Waals surface area contributed by atoms with Crippen LogP contribution in [0.5, 0.6) is 17.2 Å². The molecular weight excluding hydrogens is 272 g/mol. The number of aromatic nitrogens is 3. The van der Waals surface area contributed by atoms with Crippen molar-refractivity contribution in [1.29, 1.82) is 0 Å². The molecule has 2 aromatic rings. The largest absolute Gasteiger partial charge is 0.496 e. The van der Waals surface area contributed by atoms with Gasteiger partial charge in [-0.25, -0.2) is 4.98 Å². The molecule has 0 spiro atoms. The highest BCUT2D eigenvalue weighted by atomic mass is 16.7. The predicted molar refractivity (Wildman–Crippen MR) is 75.5 cm³/mol. The van der Waals surface area contributed by atoms with Crippen molar-refractivity contribution in [2.24, 2.45) is 0 Å². The van der Waals surface area contributed by atoms with Gasteiger partial charge < -0.3 is 19.5 Å². The SMILES string of the molecule is COc1cc2c(cc1CNC(C)c1n[nH]c(C)n1)OCO2. The van der Waals surface area contributed by atoms with Crippen molar-refractivity contribution in [3.8, 4) is 17.2 Å². The summed E-state index contributed by atoms with van der Waals surface area (Å²) in [4.78, 5) is 4.32. The molecule has 0 fully saturated rings. The summed E-state index contributed by atoms with van der Waals surface area (Å²) in [6.07, 6.45) is 0. The summed E-state index contributed by atoms with van der Waals surface area (Å²) < 4.78 is 16.1. The van der Waals surface area contributed by atoms with Crippen molar-refractivity contribution in [2.45, 2.75) is 26.4 Å². The van der Waals surface area contributed by atoms with Gasteiger partial charge >= 0.3 is 0 Å². The maximum Gasteiger partial charge on any atom is 0.231 e. The Morgan fingerprint density at radius 2 is 2.14 bits per heavy atom. The van der Waals surface area contributed by atoms with Gasteiger partial charge in [0.2, 0.25) is 6.79 Å². The van der Waals surface area contributed by atoms with Gasteiger partial charge in [-0.05, 0) is 19.9 Å². The molecule has 0 bridgehead atoms. The maximum atomic E-state index is 5.40. The molecule has 1 aliphatic heterocycles. The lowest BCUT2D eigenvalue weighted by Gasteiger charge is -2.13. The van der Waals surface area contributed by atoms with Crippen LogP contribution in [0.15, 0.2) is 12.1 Å². The van der Waals surface area contributed by atoms with E-state index in [1.807, 2.05) is 26.0 Å². The van der Waals surface area contributed by atoms with Gasteiger partial charge in [-0.3, -0.25) is 5.10 Å². The monoisotopic (exact) mass is 290 g/mol. The second kappa shape index (κ2) is 5.61. The van der Waals surface area contributed by atoms with Gasteiger partial charge in [-0.15, -0.1) is 0 Å². The van der Waals surface area contributed by atoms with Crippen LogP contribution in [0.3, 0.4) is 0 Å². The summed E-state index contributed by atoms with van der Waals surface area (Å²) >= 11 is 0. The van der Waals surface area contributed by atoms with E-state index in [2.05, 4.69) is 20.5 Å². The van der Waals surface area contributed by atoms with Crippen molar-refractivity contribution in [3.63, 3.8) is 0 Å². The zero-order valence-corrected chi connectivity index (χ0v) is 12.3. The third kappa shape index (κ3) is 2.78. The van der Waals surface area contributed by atoms with E-state index in [-0.39, 0.29) is 12.8 Å². The van der Waals surface area contributed by atoms with E-state index in [9.17, 15) is 0 Å². The van der Waals surface area contributed by atoms with Gasteiger partial charge in [0.1, 0.15) is 11.6 Å². The number of methoxy groups -OCH3 is 1. The third-order valence-electron chi connectivity index (χ3n) is 3.38. The van der Waals surface area contributed by atoms with Crippen LogP contribution < -0.4 is 19.5 Å². The number of ether oxygens (including phenoxy) is 3. The molecule has 1 aromatic carbocycles. The highest BCUT2D eigenvalue weighted by molar-refractivity contribution is 5.51. The number of aromatic amines is 1. The van der Waals surface area contributed by atoms with E-state index in [1.165, 1.54) is 0 Å². The molecule has 1 unspecified atom stereocenters. The minimum Gasteiger partial charge on any atom is -0.496 e. The van der Waals surface area contributed by atoms with Crippen molar-refractivity contribution < 1.29 is 14.2 Å². The Morgan fingerprint density at radius 1 is 1.38 bits per heavy atom. The molecule has 112 valence electrons. The van der Waals surface area contributed by atoms with Crippen molar-refractivity contribution in [2.75, 3.05) is 13.9 Å². The minimum atomic E-state index is 0.0325. The quantitative estimate of drug-likeness (QED) is 0.872. The molecule has 21 heavy (non-hydrogen) atoms. The van der Waals surface area contributed by atoms with E-state index >= 15 is 0 Å². The molecule has 2 heterocycles. The fourth-order valence-electron chi connectivity index (χ4n) is 2.20. The average molecular weight is 290 g/mol. The second-order valence-electron chi connectivity index (χ2n) is 4.90. The standard InChI is InChI=1S/C14H18N4O3/c1-8(14-16-9(2)17-18-14)15-6-10-4-12-13(21-7-20-12)5-11(10)19-3/h4-5,8,15H,6-7H2,1-3H3,(H,16,17,18). The highest BCUT2D eigenvalue weighted by Crippen LogP contribution is 2.38. The molecule has 0 amide bonds. The third-order valence-corrected chi connectivity index (χ3v) is 3.38. The smallest absolute Gasteiger partial charge is 0.231 e. The minimum absolute atomic E-state index is 0.0325. The normalized spacial score (nSPS) is 14.2. The van der Waals surface area contributed by atoms with Crippen molar-refractivity contribution in [1.82, 2.24) is 20.5 Å². The Bertz CT molecular complexity index is 641. The van der Waals surface area contributed by atoms with E-state index in [1.54, 1.807) is 7.11 Å². The summed E-state index contributed by atoms with van der Waals surface area (Å²) in [5.41, 5.74) is 1.00. The number of nitrogens with zero attached hydrogens (tertiary/aromatic N) is 2. The van der Waals surface area contributed by atoms with Crippen LogP contribution in [-0.4, -0.2) is 29.1 Å². The van der Waals surface area contributed by atoms with Gasteiger partial charge in [0.05, 0.1) is 13.2 Å². The molecule has 7 nitrogen and oxygen atoms in total. The summed E-state index contributed by atoms with van der Waals surface area (Å²) in [6.45, 7) is 4.77. The van der Waals surface area contributed by atoms with Crippen LogP contribution in [0.4, 0.5) is 0 Å². The van der Waals surface area contributed by atoms with Crippen LogP contribution in [0.2, 0.25) is 0 Å². The van der Waals surface area contributed by atoms with Crippen LogP contribution in [0.25, 0.3) is 0 Å². The number of hydrogen-bond donors (Lipinski definition) is 2. The lowest BCUT2D eigenvalue weighted by atomic mass is 10.1. The van der Waals surface area contributed by atoms with Gasteiger partial charge in [-0.2, -0.15) is 5.10 Å². The first-order chi connectivity index (χ1) is 10.2. The summed E-state index contributed by atoms with van der Waals surface area (Å²) in [5.74, 6) is 3.78. The Labute approximate surface area is 122 Å². The lowest BCUT2D eigenvalue weighted by Crippen LogP contribution is -2.19. The number of nitrogens with one attached hydrogen (secondary N) is 2. The van der Waals surface area contributed by atoms with Gasteiger partial charge in [0.15, 0.2) is 17.3 Å². The van der Waals surface area contributed by atoms with Crippen LogP contribution in [0, 0.1) is 6.92 Å². The zero-order valence-electron chi connectivity index (χ0n) is 12.3. The first-order valence-corrected chi connectivity index (χ1v) is 6.76. The first kappa shape index (κ1) is 13.7. The lowest BCUT2D eigenvalue weighted by molar-refractivity contribution is 0.174. The zero-order chi connectivity index (χ0) is 14.8. The Morgan fingerprint density at radius 3 is 2.81 bits per heavy atom. The number of aryl methyl sites for hydroxylation is 1. The molecule has 1 aliphatic rings. The molecular formula is C14H18N4O3. The molecule has 0 aliphatic carbocycles. The van der Waals surface area contributed by atoms with Crippen LogP contribution >= 0.6 is 0 Å². The van der Waals surface area contributed by atoms with Crippen LogP contribution in [-0.2, 0) is 6.54 Å². The number of rotatable bonds is 5. The molecule has 1 aromatic heterocycles. The summed E-state index contributed by atoms with van der Waals surface area (Å²) in [6, 6.07) is 3.82. The van der Waals surface area contributed by atoms with Crippen molar-refractivity contribution in [3.05, 3.63) is 29.3 Å². The van der Waals surface area contributed by atoms with Gasteiger partial charge in [-0.1, -0.05) is 0 Å². The predicted octanol–water partition coefficient (Wildman–Crippen LogP) is 1.70. The van der Waals surface area contributed by atoms with Crippen LogP contribution in [0.1, 0.15) is 30.2 Å². The second-order valence-corrected chi connectivity index (χ2v) is 4.90. The Hall–Kier alpha value is -2.28. The molecule has 2 N–H and O–H groups in total. The van der Waals surface area contributed by atoms with E-state index in [4.69, 9.17) is 14.2 Å². The average Bonchev–Trinajstić information content (AvgIpc) is 3.11. The van der Waals surface area contributed by atoms with Gasteiger partial charge in [0, 0.05) is 18.2 Å². The van der Waals surface area contributed by atoms with Gasteiger partial charge in [0.25, 0.3) is 0 Å². The Kier molecular flexibility index (Phi) is 3.66. The molecule has 0 saturated carbocycles. The summed E-state index contributed by atoms with van der Waals surface area (Å²) in [7, 11) is 1.64. The Balaban J connectivity index is 1.72. The first-order valence-electron chi connectivity index (χ1n) is 6.76. The molecule has 1 atom stereocenters. The molecule has 0 saturated heterocycles. The van der Waals surface area contributed by atoms with E-state index < -0.39 is 0 Å². The molecule has 0 radical (unpaired) electrons. The number of H-pyrrole nitrogens is 1. The fraction of sp³-hybridized carbons (Fsp3) is 0.429. The van der Waals surface area contributed by atoms with Crippen molar-refractivity contribution >= 4 is 0 Å².